The Bertz CT molecular complexity index is 451. The van der Waals surface area contributed by atoms with Crippen molar-refractivity contribution in [2.45, 2.75) is 13.5 Å². The molecule has 0 atom stereocenters. The average molecular weight is 217 g/mol. The van der Waals surface area contributed by atoms with Gasteiger partial charge in [-0.25, -0.2) is 14.6 Å². The molecule has 2 heterocycles. The largest absolute Gasteiger partial charge is 0.246 e. The van der Waals surface area contributed by atoms with Crippen LogP contribution < -0.4 is 0 Å². The Morgan fingerprint density at radius 2 is 2.00 bits per heavy atom. The molecule has 0 bridgehead atoms. The predicted octanol–water partition coefficient (Wildman–Crippen LogP) is 2.15. The van der Waals surface area contributed by atoms with Crippen LogP contribution in [0.1, 0.15) is 6.92 Å². The molecule has 0 saturated heterocycles. The van der Waals surface area contributed by atoms with Gasteiger partial charge in [0.1, 0.15) is 5.52 Å². The smallest absolute Gasteiger partial charge is 0.178 e. The molecular formula is C7H6Cl2N4. The number of aryl methyl sites for hydroxylation is 1. The highest BCUT2D eigenvalue weighted by atomic mass is 35.5. The third-order valence-electron chi connectivity index (χ3n) is 1.69. The summed E-state index contributed by atoms with van der Waals surface area (Å²) in [5.74, 6) is 0. The van der Waals surface area contributed by atoms with Gasteiger partial charge in [0.15, 0.2) is 16.0 Å². The fourth-order valence-corrected chi connectivity index (χ4v) is 1.34. The summed E-state index contributed by atoms with van der Waals surface area (Å²) in [5, 5.41) is 4.50. The van der Waals surface area contributed by atoms with Crippen molar-refractivity contribution in [3.05, 3.63) is 16.5 Å². The minimum Gasteiger partial charge on any atom is -0.246 e. The second-order valence-electron chi connectivity index (χ2n) is 2.47. The second-order valence-corrected chi connectivity index (χ2v) is 3.19. The number of rotatable bonds is 1. The van der Waals surface area contributed by atoms with Gasteiger partial charge in [0, 0.05) is 6.54 Å². The van der Waals surface area contributed by atoms with E-state index < -0.39 is 0 Å². The normalized spacial score (nSPS) is 11.0. The summed E-state index contributed by atoms with van der Waals surface area (Å²) in [6.45, 7) is 2.70. The van der Waals surface area contributed by atoms with Gasteiger partial charge in [-0.2, -0.15) is 5.10 Å². The van der Waals surface area contributed by atoms with Gasteiger partial charge >= 0.3 is 0 Å². The quantitative estimate of drug-likeness (QED) is 0.734. The molecule has 4 nitrogen and oxygen atoms in total. The zero-order valence-electron chi connectivity index (χ0n) is 6.83. The molecule has 6 heteroatoms. The van der Waals surface area contributed by atoms with Gasteiger partial charge in [-0.1, -0.05) is 23.2 Å². The molecule has 0 aliphatic carbocycles. The third kappa shape index (κ3) is 1.36. The summed E-state index contributed by atoms with van der Waals surface area (Å²) >= 11 is 11.4. The van der Waals surface area contributed by atoms with Gasteiger partial charge < -0.3 is 0 Å². The van der Waals surface area contributed by atoms with Crippen LogP contribution in [0.4, 0.5) is 0 Å². The Morgan fingerprint density at radius 3 is 2.69 bits per heavy atom. The highest BCUT2D eigenvalue weighted by Crippen LogP contribution is 2.20. The first-order valence-corrected chi connectivity index (χ1v) is 4.52. The van der Waals surface area contributed by atoms with E-state index in [0.29, 0.717) is 11.2 Å². The number of nitrogens with zero attached hydrogens (tertiary/aromatic N) is 4. The third-order valence-corrected chi connectivity index (χ3v) is 2.31. The summed E-state index contributed by atoms with van der Waals surface area (Å²) < 4.78 is 1.71. The Kier molecular flexibility index (Phi) is 2.09. The van der Waals surface area contributed by atoms with Crippen LogP contribution in [0.5, 0.6) is 0 Å². The fraction of sp³-hybridized carbons (Fsp3) is 0.286. The van der Waals surface area contributed by atoms with Crippen LogP contribution in [0.2, 0.25) is 10.3 Å². The van der Waals surface area contributed by atoms with Crippen molar-refractivity contribution in [3.63, 3.8) is 0 Å². The van der Waals surface area contributed by atoms with Crippen molar-refractivity contribution in [2.75, 3.05) is 0 Å². The van der Waals surface area contributed by atoms with E-state index >= 15 is 0 Å². The Labute approximate surface area is 84.5 Å². The molecule has 0 radical (unpaired) electrons. The highest BCUT2D eigenvalue weighted by Gasteiger charge is 2.08. The maximum atomic E-state index is 5.73. The molecule has 0 saturated carbocycles. The Hall–Kier alpha value is -0.870. The summed E-state index contributed by atoms with van der Waals surface area (Å²) in [6, 6.07) is 0. The van der Waals surface area contributed by atoms with E-state index in [4.69, 9.17) is 23.2 Å². The molecule has 0 N–H and O–H groups in total. The number of hydrogen-bond acceptors (Lipinski definition) is 3. The monoisotopic (exact) mass is 216 g/mol. The van der Waals surface area contributed by atoms with Gasteiger partial charge in [0.05, 0.1) is 6.20 Å². The molecule has 13 heavy (non-hydrogen) atoms. The molecule has 0 spiro atoms. The molecule has 2 aromatic heterocycles. The molecule has 0 fully saturated rings. The van der Waals surface area contributed by atoms with Crippen LogP contribution in [0.25, 0.3) is 11.2 Å². The zero-order chi connectivity index (χ0) is 9.42. The van der Waals surface area contributed by atoms with Gasteiger partial charge in [0.2, 0.25) is 0 Å². The highest BCUT2D eigenvalue weighted by molar-refractivity contribution is 6.40. The van der Waals surface area contributed by atoms with E-state index in [9.17, 15) is 0 Å². The SMILES string of the molecule is CCn1ncc2nc(Cl)c(Cl)nc21. The lowest BCUT2D eigenvalue weighted by Crippen LogP contribution is -1.97. The number of halogens is 2. The summed E-state index contributed by atoms with van der Waals surface area (Å²) in [4.78, 5) is 8.11. The van der Waals surface area contributed by atoms with Crippen molar-refractivity contribution in [1.29, 1.82) is 0 Å². The number of hydrogen-bond donors (Lipinski definition) is 0. The van der Waals surface area contributed by atoms with Crippen LogP contribution >= 0.6 is 23.2 Å². The lowest BCUT2D eigenvalue weighted by atomic mass is 10.5. The van der Waals surface area contributed by atoms with E-state index in [1.807, 2.05) is 6.92 Å². The lowest BCUT2D eigenvalue weighted by Gasteiger charge is -1.97. The molecule has 0 aromatic carbocycles. The fourth-order valence-electron chi connectivity index (χ4n) is 1.09. The topological polar surface area (TPSA) is 43.6 Å². The summed E-state index contributed by atoms with van der Waals surface area (Å²) in [5.41, 5.74) is 1.33. The van der Waals surface area contributed by atoms with Crippen molar-refractivity contribution in [1.82, 2.24) is 19.7 Å². The van der Waals surface area contributed by atoms with Crippen molar-refractivity contribution in [3.8, 4) is 0 Å². The van der Waals surface area contributed by atoms with E-state index in [2.05, 4.69) is 15.1 Å². The molecular weight excluding hydrogens is 211 g/mol. The van der Waals surface area contributed by atoms with E-state index in [1.54, 1.807) is 10.9 Å². The maximum Gasteiger partial charge on any atom is 0.178 e. The number of fused-ring (bicyclic) bond motifs is 1. The second kappa shape index (κ2) is 3.12. The van der Waals surface area contributed by atoms with Gasteiger partial charge in [-0.05, 0) is 6.92 Å². The van der Waals surface area contributed by atoms with Gasteiger partial charge in [0.25, 0.3) is 0 Å². The molecule has 0 unspecified atom stereocenters. The van der Waals surface area contributed by atoms with Crippen LogP contribution in [0.15, 0.2) is 6.20 Å². The zero-order valence-corrected chi connectivity index (χ0v) is 8.34. The minimum absolute atomic E-state index is 0.212. The molecule has 0 aliphatic rings. The molecule has 2 aromatic rings. The average Bonchev–Trinajstić information content (AvgIpc) is 2.48. The number of aromatic nitrogens is 4. The van der Waals surface area contributed by atoms with Crippen molar-refractivity contribution < 1.29 is 0 Å². The first kappa shape index (κ1) is 8.72. The van der Waals surface area contributed by atoms with Crippen LogP contribution in [0, 0.1) is 0 Å². The maximum absolute atomic E-state index is 5.73. The van der Waals surface area contributed by atoms with Crippen molar-refractivity contribution in [2.24, 2.45) is 0 Å². The lowest BCUT2D eigenvalue weighted by molar-refractivity contribution is 0.676. The van der Waals surface area contributed by atoms with Crippen LogP contribution in [-0.2, 0) is 6.54 Å². The van der Waals surface area contributed by atoms with Crippen LogP contribution in [0.3, 0.4) is 0 Å². The van der Waals surface area contributed by atoms with Gasteiger partial charge in [-0.15, -0.1) is 0 Å². The standard InChI is InChI=1S/C7H6Cl2N4/c1-2-13-7-4(3-10-13)11-5(8)6(9)12-7/h3H,2H2,1H3. The first-order valence-electron chi connectivity index (χ1n) is 3.77. The predicted molar refractivity (Wildman–Crippen MR) is 51.0 cm³/mol. The Balaban J connectivity index is 2.77. The minimum atomic E-state index is 0.212. The van der Waals surface area contributed by atoms with Crippen LogP contribution in [-0.4, -0.2) is 19.7 Å². The summed E-state index contributed by atoms with van der Waals surface area (Å²) in [7, 11) is 0. The van der Waals surface area contributed by atoms with Crippen molar-refractivity contribution >= 4 is 34.4 Å². The van der Waals surface area contributed by atoms with E-state index in [0.717, 1.165) is 6.54 Å². The van der Waals surface area contributed by atoms with Gasteiger partial charge in [-0.3, -0.25) is 0 Å². The molecule has 68 valence electrons. The van der Waals surface area contributed by atoms with E-state index in [1.165, 1.54) is 0 Å². The Morgan fingerprint density at radius 1 is 1.31 bits per heavy atom. The molecule has 0 aliphatic heterocycles. The molecule has 2 rings (SSSR count). The summed E-state index contributed by atoms with van der Waals surface area (Å²) in [6.07, 6.45) is 1.62. The molecule has 0 amide bonds. The first-order chi connectivity index (χ1) is 6.22. The van der Waals surface area contributed by atoms with E-state index in [-0.39, 0.29) is 10.3 Å².